The van der Waals surface area contributed by atoms with Gasteiger partial charge < -0.3 is 10.4 Å². The molecule has 0 saturated carbocycles. The van der Waals surface area contributed by atoms with Crippen molar-refractivity contribution in [1.82, 2.24) is 4.72 Å². The Bertz CT molecular complexity index is 557. The number of rotatable bonds is 8. The van der Waals surface area contributed by atoms with Crippen molar-refractivity contribution in [2.24, 2.45) is 5.92 Å². The summed E-state index contributed by atoms with van der Waals surface area (Å²) in [7, 11) is -3.54. The van der Waals surface area contributed by atoms with E-state index in [-0.39, 0.29) is 4.90 Å². The third-order valence-electron chi connectivity index (χ3n) is 2.83. The van der Waals surface area contributed by atoms with Crippen LogP contribution in [0.2, 0.25) is 0 Å². The number of hydrogen-bond donors (Lipinski definition) is 3. The number of hydrogen-bond acceptors (Lipinski definition) is 4. The largest absolute Gasteiger partial charge is 0.481 e. The van der Waals surface area contributed by atoms with Gasteiger partial charge in [-0.05, 0) is 18.6 Å². The van der Waals surface area contributed by atoms with Crippen molar-refractivity contribution in [3.05, 3.63) is 24.3 Å². The molecule has 0 spiro atoms. The van der Waals surface area contributed by atoms with E-state index in [0.717, 1.165) is 0 Å². The highest BCUT2D eigenvalue weighted by atomic mass is 32.2. The van der Waals surface area contributed by atoms with E-state index in [1.807, 2.05) is 0 Å². The summed E-state index contributed by atoms with van der Waals surface area (Å²) < 4.78 is 26.5. The van der Waals surface area contributed by atoms with Gasteiger partial charge in [0.1, 0.15) is 4.90 Å². The van der Waals surface area contributed by atoms with Gasteiger partial charge in [-0.15, -0.1) is 0 Å². The maximum atomic E-state index is 12.0. The number of sulfonamides is 1. The van der Waals surface area contributed by atoms with Crippen LogP contribution in [0.5, 0.6) is 0 Å². The van der Waals surface area contributed by atoms with Crippen LogP contribution in [0.3, 0.4) is 0 Å². The number of nitrogens with one attached hydrogen (secondary N) is 2. The molecule has 1 aromatic carbocycles. The highest BCUT2D eigenvalue weighted by Crippen LogP contribution is 2.20. The van der Waals surface area contributed by atoms with Gasteiger partial charge in [0.2, 0.25) is 10.0 Å². The molecule has 1 rings (SSSR count). The van der Waals surface area contributed by atoms with Gasteiger partial charge in [-0.2, -0.15) is 0 Å². The zero-order valence-electron chi connectivity index (χ0n) is 11.6. The monoisotopic (exact) mass is 300 g/mol. The third kappa shape index (κ3) is 4.50. The summed E-state index contributed by atoms with van der Waals surface area (Å²) in [6.45, 7) is 4.03. The molecular weight excluding hydrogens is 280 g/mol. The van der Waals surface area contributed by atoms with Crippen molar-refractivity contribution in [1.29, 1.82) is 0 Å². The highest BCUT2D eigenvalue weighted by molar-refractivity contribution is 7.89. The fraction of sp³-hybridized carbons (Fsp3) is 0.462. The molecular formula is C13H20N2O4S. The van der Waals surface area contributed by atoms with Crippen LogP contribution in [0.1, 0.15) is 20.3 Å². The van der Waals surface area contributed by atoms with Gasteiger partial charge in [0.05, 0.1) is 11.6 Å². The SMILES string of the molecule is CCNS(=O)(=O)c1ccccc1NCCC(C)C(=O)O. The quantitative estimate of drug-likeness (QED) is 0.676. The number of para-hydroxylation sites is 1. The minimum atomic E-state index is -3.54. The molecule has 7 heteroatoms. The molecule has 112 valence electrons. The predicted molar refractivity (Wildman–Crippen MR) is 77.2 cm³/mol. The standard InChI is InChI=1S/C13H20N2O4S/c1-3-15-20(18,19)12-7-5-4-6-11(12)14-9-8-10(2)13(16)17/h4-7,10,14-15H,3,8-9H2,1-2H3,(H,16,17). The first kappa shape index (κ1) is 16.5. The Balaban J connectivity index is 2.79. The van der Waals surface area contributed by atoms with E-state index in [0.29, 0.717) is 25.2 Å². The Morgan fingerprint density at radius 2 is 2.00 bits per heavy atom. The third-order valence-corrected chi connectivity index (χ3v) is 4.43. The zero-order chi connectivity index (χ0) is 15.2. The molecule has 3 N–H and O–H groups in total. The molecule has 1 unspecified atom stereocenters. The lowest BCUT2D eigenvalue weighted by Gasteiger charge is -2.13. The summed E-state index contributed by atoms with van der Waals surface area (Å²) in [6.07, 6.45) is 0.422. The Hall–Kier alpha value is -1.60. The van der Waals surface area contributed by atoms with Crippen molar-refractivity contribution >= 4 is 21.7 Å². The molecule has 0 heterocycles. The maximum absolute atomic E-state index is 12.0. The van der Waals surface area contributed by atoms with Crippen LogP contribution in [-0.4, -0.2) is 32.6 Å². The van der Waals surface area contributed by atoms with E-state index in [1.165, 1.54) is 6.07 Å². The molecule has 6 nitrogen and oxygen atoms in total. The first-order valence-corrected chi connectivity index (χ1v) is 7.92. The Kier molecular flexibility index (Phi) is 5.97. The van der Waals surface area contributed by atoms with E-state index in [9.17, 15) is 13.2 Å². The molecule has 1 atom stereocenters. The minimum absolute atomic E-state index is 0.171. The van der Waals surface area contributed by atoms with E-state index in [2.05, 4.69) is 10.0 Å². The number of carboxylic acid groups (broad SMARTS) is 1. The Labute approximate surface area is 119 Å². The number of carboxylic acids is 1. The van der Waals surface area contributed by atoms with Gasteiger partial charge in [0, 0.05) is 13.1 Å². The molecule has 0 fully saturated rings. The number of benzene rings is 1. The molecule has 0 aliphatic rings. The van der Waals surface area contributed by atoms with Gasteiger partial charge in [-0.3, -0.25) is 4.79 Å². The predicted octanol–water partition coefficient (Wildman–Crippen LogP) is 1.51. The summed E-state index contributed by atoms with van der Waals surface area (Å²) in [4.78, 5) is 10.9. The summed E-state index contributed by atoms with van der Waals surface area (Å²) in [6, 6.07) is 6.56. The second-order valence-electron chi connectivity index (χ2n) is 4.45. The average Bonchev–Trinajstić information content (AvgIpc) is 2.38. The van der Waals surface area contributed by atoms with E-state index >= 15 is 0 Å². The molecule has 0 aromatic heterocycles. The topological polar surface area (TPSA) is 95.5 Å². The molecule has 0 saturated heterocycles. The van der Waals surface area contributed by atoms with E-state index < -0.39 is 21.9 Å². The number of anilines is 1. The van der Waals surface area contributed by atoms with E-state index in [1.54, 1.807) is 32.0 Å². The van der Waals surface area contributed by atoms with Crippen LogP contribution < -0.4 is 10.0 Å². The first-order chi connectivity index (χ1) is 9.38. The van der Waals surface area contributed by atoms with Crippen LogP contribution in [0.4, 0.5) is 5.69 Å². The minimum Gasteiger partial charge on any atom is -0.481 e. The lowest BCUT2D eigenvalue weighted by Crippen LogP contribution is -2.24. The van der Waals surface area contributed by atoms with Crippen LogP contribution >= 0.6 is 0 Å². The number of carbonyl (C=O) groups is 1. The molecule has 0 amide bonds. The summed E-state index contributed by atoms with van der Waals surface area (Å²) in [5.41, 5.74) is 0.478. The van der Waals surface area contributed by atoms with Crippen molar-refractivity contribution in [2.45, 2.75) is 25.2 Å². The van der Waals surface area contributed by atoms with Crippen LogP contribution in [0, 0.1) is 5.92 Å². The summed E-state index contributed by atoms with van der Waals surface area (Å²) in [5, 5.41) is 11.8. The van der Waals surface area contributed by atoms with Gasteiger partial charge in [-0.25, -0.2) is 13.1 Å². The normalized spacial score (nSPS) is 12.9. The van der Waals surface area contributed by atoms with Gasteiger partial charge in [-0.1, -0.05) is 26.0 Å². The lowest BCUT2D eigenvalue weighted by molar-refractivity contribution is -0.141. The second kappa shape index (κ2) is 7.25. The van der Waals surface area contributed by atoms with Crippen molar-refractivity contribution in [3.8, 4) is 0 Å². The van der Waals surface area contributed by atoms with Crippen LogP contribution in [0.15, 0.2) is 29.2 Å². The van der Waals surface area contributed by atoms with Gasteiger partial charge >= 0.3 is 5.97 Å². The Morgan fingerprint density at radius 3 is 2.60 bits per heavy atom. The molecule has 0 bridgehead atoms. The van der Waals surface area contributed by atoms with E-state index in [4.69, 9.17) is 5.11 Å². The summed E-state index contributed by atoms with van der Waals surface area (Å²) in [5.74, 6) is -1.33. The van der Waals surface area contributed by atoms with Crippen molar-refractivity contribution in [2.75, 3.05) is 18.4 Å². The lowest BCUT2D eigenvalue weighted by atomic mass is 10.1. The molecule has 1 aromatic rings. The average molecular weight is 300 g/mol. The first-order valence-electron chi connectivity index (χ1n) is 6.44. The molecule has 0 aliphatic heterocycles. The fourth-order valence-corrected chi connectivity index (χ4v) is 2.88. The van der Waals surface area contributed by atoms with Crippen molar-refractivity contribution in [3.63, 3.8) is 0 Å². The maximum Gasteiger partial charge on any atom is 0.306 e. The molecule has 0 aliphatic carbocycles. The smallest absolute Gasteiger partial charge is 0.306 e. The fourth-order valence-electron chi connectivity index (χ4n) is 1.66. The Morgan fingerprint density at radius 1 is 1.35 bits per heavy atom. The summed E-state index contributed by atoms with van der Waals surface area (Å²) >= 11 is 0. The van der Waals surface area contributed by atoms with Gasteiger partial charge in [0.15, 0.2) is 0 Å². The molecule has 20 heavy (non-hydrogen) atoms. The van der Waals surface area contributed by atoms with Crippen LogP contribution in [-0.2, 0) is 14.8 Å². The highest BCUT2D eigenvalue weighted by Gasteiger charge is 2.17. The van der Waals surface area contributed by atoms with Crippen molar-refractivity contribution < 1.29 is 18.3 Å². The number of aliphatic carboxylic acids is 1. The molecule has 0 radical (unpaired) electrons. The van der Waals surface area contributed by atoms with Crippen LogP contribution in [0.25, 0.3) is 0 Å². The van der Waals surface area contributed by atoms with Gasteiger partial charge in [0.25, 0.3) is 0 Å². The zero-order valence-corrected chi connectivity index (χ0v) is 12.4. The second-order valence-corrected chi connectivity index (χ2v) is 6.19.